The number of rotatable bonds is 3. The Labute approximate surface area is 94.4 Å². The van der Waals surface area contributed by atoms with Crippen LogP contribution < -0.4 is 0 Å². The normalized spacial score (nSPS) is 25.2. The Morgan fingerprint density at radius 2 is 2.38 bits per heavy atom. The minimum atomic E-state index is -0.410. The zero-order valence-electron chi connectivity index (χ0n) is 9.40. The summed E-state index contributed by atoms with van der Waals surface area (Å²) < 4.78 is 10.8. The first-order valence-electron chi connectivity index (χ1n) is 5.58. The molecule has 0 N–H and O–H groups in total. The highest BCUT2D eigenvalue weighted by Crippen LogP contribution is 2.32. The summed E-state index contributed by atoms with van der Waals surface area (Å²) in [5.74, 6) is 1.13. The fourth-order valence-electron chi connectivity index (χ4n) is 1.84. The van der Waals surface area contributed by atoms with Gasteiger partial charge in [-0.15, -0.1) is 0 Å². The summed E-state index contributed by atoms with van der Waals surface area (Å²) in [6, 6.07) is 2.06. The first kappa shape index (κ1) is 11.1. The van der Waals surface area contributed by atoms with Crippen LogP contribution in [0.1, 0.15) is 44.3 Å². The summed E-state index contributed by atoms with van der Waals surface area (Å²) in [6.07, 6.45) is 4.05. The van der Waals surface area contributed by atoms with Crippen molar-refractivity contribution in [3.8, 4) is 6.07 Å². The molecule has 1 saturated heterocycles. The molecule has 1 atom stereocenters. The molecule has 0 aromatic carbocycles. The summed E-state index contributed by atoms with van der Waals surface area (Å²) in [6.45, 7) is 2.74. The van der Waals surface area contributed by atoms with Crippen LogP contribution in [-0.4, -0.2) is 16.7 Å². The molecule has 1 fully saturated rings. The monoisotopic (exact) mass is 221 g/mol. The first-order chi connectivity index (χ1) is 7.74. The van der Waals surface area contributed by atoms with Gasteiger partial charge in [0.1, 0.15) is 5.60 Å². The van der Waals surface area contributed by atoms with Gasteiger partial charge in [0, 0.05) is 19.4 Å². The van der Waals surface area contributed by atoms with Crippen molar-refractivity contribution in [1.29, 1.82) is 5.26 Å². The van der Waals surface area contributed by atoms with E-state index in [4.69, 9.17) is 14.5 Å². The number of ether oxygens (including phenoxy) is 1. The van der Waals surface area contributed by atoms with E-state index in [0.29, 0.717) is 24.6 Å². The lowest BCUT2D eigenvalue weighted by Crippen LogP contribution is -2.31. The molecule has 1 unspecified atom stereocenters. The third-order valence-electron chi connectivity index (χ3n) is 2.86. The Bertz CT molecular complexity index is 388. The van der Waals surface area contributed by atoms with E-state index in [0.717, 1.165) is 25.9 Å². The van der Waals surface area contributed by atoms with Crippen LogP contribution in [0.4, 0.5) is 0 Å². The molecule has 5 nitrogen and oxygen atoms in total. The van der Waals surface area contributed by atoms with Gasteiger partial charge < -0.3 is 9.26 Å². The topological polar surface area (TPSA) is 71.9 Å². The third-order valence-corrected chi connectivity index (χ3v) is 2.86. The van der Waals surface area contributed by atoms with E-state index >= 15 is 0 Å². The molecule has 86 valence electrons. The highest BCUT2D eigenvalue weighted by Gasteiger charge is 2.34. The van der Waals surface area contributed by atoms with E-state index in [9.17, 15) is 0 Å². The van der Waals surface area contributed by atoms with Crippen LogP contribution >= 0.6 is 0 Å². The quantitative estimate of drug-likeness (QED) is 0.779. The molecule has 1 aliphatic heterocycles. The second-order valence-electron chi connectivity index (χ2n) is 4.21. The lowest BCUT2D eigenvalue weighted by molar-refractivity contribution is -0.0770. The average molecular weight is 221 g/mol. The maximum atomic E-state index is 8.47. The Balaban J connectivity index is 2.08. The molecule has 0 radical (unpaired) electrons. The fraction of sp³-hybridized carbons (Fsp3) is 0.727. The Morgan fingerprint density at radius 3 is 3.06 bits per heavy atom. The van der Waals surface area contributed by atoms with Gasteiger partial charge in [0.2, 0.25) is 11.7 Å². The van der Waals surface area contributed by atoms with Crippen molar-refractivity contribution >= 4 is 0 Å². The minimum absolute atomic E-state index is 0.402. The number of aryl methyl sites for hydroxylation is 1. The molecule has 1 aliphatic rings. The van der Waals surface area contributed by atoms with Crippen molar-refractivity contribution < 1.29 is 9.26 Å². The molecule has 0 bridgehead atoms. The Hall–Kier alpha value is -1.41. The average Bonchev–Trinajstić information content (AvgIpc) is 2.77. The second-order valence-corrected chi connectivity index (χ2v) is 4.21. The zero-order chi connectivity index (χ0) is 11.4. The van der Waals surface area contributed by atoms with Gasteiger partial charge >= 0.3 is 0 Å². The van der Waals surface area contributed by atoms with E-state index in [2.05, 4.69) is 16.2 Å². The Kier molecular flexibility index (Phi) is 3.20. The van der Waals surface area contributed by atoms with Gasteiger partial charge in [-0.25, -0.2) is 0 Å². The summed E-state index contributed by atoms with van der Waals surface area (Å²) in [5, 5.41) is 12.4. The Morgan fingerprint density at radius 1 is 1.50 bits per heavy atom. The molecule has 2 heterocycles. The van der Waals surface area contributed by atoms with E-state index in [1.54, 1.807) is 0 Å². The van der Waals surface area contributed by atoms with Gasteiger partial charge in [-0.1, -0.05) is 5.16 Å². The van der Waals surface area contributed by atoms with Crippen molar-refractivity contribution in [3.63, 3.8) is 0 Å². The summed E-state index contributed by atoms with van der Waals surface area (Å²) >= 11 is 0. The van der Waals surface area contributed by atoms with Crippen LogP contribution in [0.15, 0.2) is 4.52 Å². The minimum Gasteiger partial charge on any atom is -0.367 e. The molecule has 0 spiro atoms. The fourth-order valence-corrected chi connectivity index (χ4v) is 1.84. The van der Waals surface area contributed by atoms with E-state index in [1.807, 2.05) is 6.92 Å². The molecule has 1 aromatic rings. The van der Waals surface area contributed by atoms with Crippen molar-refractivity contribution in [3.05, 3.63) is 11.7 Å². The lowest BCUT2D eigenvalue weighted by atomic mass is 9.95. The number of nitrogens with zero attached hydrogens (tertiary/aromatic N) is 3. The van der Waals surface area contributed by atoms with E-state index < -0.39 is 5.60 Å². The number of nitriles is 1. The summed E-state index contributed by atoms with van der Waals surface area (Å²) in [5.41, 5.74) is -0.410. The van der Waals surface area contributed by atoms with Crippen LogP contribution in [0, 0.1) is 11.3 Å². The predicted octanol–water partition coefficient (Wildman–Crippen LogP) is 1.94. The van der Waals surface area contributed by atoms with Gasteiger partial charge in [0.05, 0.1) is 6.07 Å². The third kappa shape index (κ3) is 2.22. The van der Waals surface area contributed by atoms with Gasteiger partial charge in [-0.3, -0.25) is 0 Å². The number of hydrogen-bond acceptors (Lipinski definition) is 5. The maximum Gasteiger partial charge on any atom is 0.227 e. The van der Waals surface area contributed by atoms with Gasteiger partial charge in [-0.05, 0) is 26.2 Å². The SMILES string of the molecule is CC1(c2noc(CCC#N)n2)CCCCO1. The van der Waals surface area contributed by atoms with Gasteiger partial charge in [0.25, 0.3) is 0 Å². The number of hydrogen-bond donors (Lipinski definition) is 0. The van der Waals surface area contributed by atoms with Crippen molar-refractivity contribution in [2.24, 2.45) is 0 Å². The molecular formula is C11H15N3O2. The molecule has 16 heavy (non-hydrogen) atoms. The second kappa shape index (κ2) is 4.62. The standard InChI is InChI=1S/C11H15N3O2/c1-11(6-2-3-8-15-11)10-13-9(16-14-10)5-4-7-12/h2-6,8H2,1H3. The van der Waals surface area contributed by atoms with Crippen LogP contribution in [0.5, 0.6) is 0 Å². The van der Waals surface area contributed by atoms with Crippen molar-refractivity contribution in [2.75, 3.05) is 6.61 Å². The first-order valence-corrected chi connectivity index (χ1v) is 5.58. The highest BCUT2D eigenvalue weighted by molar-refractivity contribution is 5.01. The predicted molar refractivity (Wildman–Crippen MR) is 55.4 cm³/mol. The molecular weight excluding hydrogens is 206 g/mol. The summed E-state index contributed by atoms with van der Waals surface area (Å²) in [4.78, 5) is 4.29. The summed E-state index contributed by atoms with van der Waals surface area (Å²) in [7, 11) is 0. The van der Waals surface area contributed by atoms with E-state index in [1.165, 1.54) is 0 Å². The maximum absolute atomic E-state index is 8.47. The van der Waals surface area contributed by atoms with Crippen LogP contribution in [0.25, 0.3) is 0 Å². The van der Waals surface area contributed by atoms with Crippen molar-refractivity contribution in [1.82, 2.24) is 10.1 Å². The van der Waals surface area contributed by atoms with Crippen LogP contribution in [-0.2, 0) is 16.8 Å². The largest absolute Gasteiger partial charge is 0.367 e. The molecule has 2 rings (SSSR count). The molecule has 0 amide bonds. The van der Waals surface area contributed by atoms with Crippen LogP contribution in [0.2, 0.25) is 0 Å². The van der Waals surface area contributed by atoms with Gasteiger partial charge in [-0.2, -0.15) is 10.2 Å². The zero-order valence-corrected chi connectivity index (χ0v) is 9.40. The van der Waals surface area contributed by atoms with Gasteiger partial charge in [0.15, 0.2) is 0 Å². The van der Waals surface area contributed by atoms with Crippen molar-refractivity contribution in [2.45, 2.75) is 44.6 Å². The smallest absolute Gasteiger partial charge is 0.227 e. The number of aromatic nitrogens is 2. The molecule has 0 aliphatic carbocycles. The van der Waals surface area contributed by atoms with E-state index in [-0.39, 0.29) is 0 Å². The molecule has 0 saturated carbocycles. The molecule has 5 heteroatoms. The van der Waals surface area contributed by atoms with Crippen LogP contribution in [0.3, 0.4) is 0 Å². The lowest BCUT2D eigenvalue weighted by Gasteiger charge is -2.30. The molecule has 1 aromatic heterocycles. The highest BCUT2D eigenvalue weighted by atomic mass is 16.5.